The molecule has 4 nitrogen and oxygen atoms in total. The second-order valence-corrected chi connectivity index (χ2v) is 8.60. The lowest BCUT2D eigenvalue weighted by Crippen LogP contribution is -2.23. The Bertz CT molecular complexity index is 1270. The van der Waals surface area contributed by atoms with Crippen LogP contribution in [0.25, 0.3) is 21.9 Å². The molecule has 0 radical (unpaired) electrons. The molecule has 0 spiro atoms. The summed E-state index contributed by atoms with van der Waals surface area (Å²) in [5.41, 5.74) is 4.15. The number of hydrogen-bond acceptors (Lipinski definition) is 3. The first-order valence-electron chi connectivity index (χ1n) is 9.12. The van der Waals surface area contributed by atoms with Gasteiger partial charge in [-0.25, -0.2) is 17.5 Å². The minimum atomic E-state index is -3.75. The van der Waals surface area contributed by atoms with Crippen molar-refractivity contribution in [3.05, 3.63) is 96.1 Å². The standard InChI is InChI=1S/C23H19FN2O2S/c1-16-2-4-17(5-3-16)21-11-6-18(23-15-25-13-12-22(21)23)14-26-29(27,28)20-9-7-19(24)8-10-20/h2-13,15,26H,14H2,1H3. The molecule has 0 aliphatic heterocycles. The highest BCUT2D eigenvalue weighted by molar-refractivity contribution is 7.89. The highest BCUT2D eigenvalue weighted by Crippen LogP contribution is 2.30. The Hall–Kier alpha value is -3.09. The van der Waals surface area contributed by atoms with Crippen molar-refractivity contribution in [3.8, 4) is 11.1 Å². The predicted octanol–water partition coefficient (Wildman–Crippen LogP) is 4.83. The van der Waals surface area contributed by atoms with Gasteiger partial charge in [-0.3, -0.25) is 4.98 Å². The van der Waals surface area contributed by atoms with E-state index in [1.807, 2.05) is 25.1 Å². The van der Waals surface area contributed by atoms with Gasteiger partial charge in [0.25, 0.3) is 0 Å². The number of halogens is 1. The van der Waals surface area contributed by atoms with Crippen LogP contribution in [0.3, 0.4) is 0 Å². The molecule has 6 heteroatoms. The van der Waals surface area contributed by atoms with Crippen molar-refractivity contribution >= 4 is 20.8 Å². The quantitative estimate of drug-likeness (QED) is 0.517. The number of aromatic nitrogens is 1. The molecule has 1 aromatic heterocycles. The van der Waals surface area contributed by atoms with Gasteiger partial charge in [0.1, 0.15) is 5.82 Å². The topological polar surface area (TPSA) is 59.1 Å². The summed E-state index contributed by atoms with van der Waals surface area (Å²) in [6.45, 7) is 2.15. The monoisotopic (exact) mass is 406 g/mol. The van der Waals surface area contributed by atoms with Crippen LogP contribution in [0.2, 0.25) is 0 Å². The number of pyridine rings is 1. The molecule has 3 aromatic carbocycles. The average Bonchev–Trinajstić information content (AvgIpc) is 2.73. The van der Waals surface area contributed by atoms with Gasteiger partial charge >= 0.3 is 0 Å². The molecule has 0 bridgehead atoms. The summed E-state index contributed by atoms with van der Waals surface area (Å²) in [7, 11) is -3.75. The summed E-state index contributed by atoms with van der Waals surface area (Å²) in [5, 5.41) is 1.88. The van der Waals surface area contributed by atoms with E-state index in [1.54, 1.807) is 12.4 Å². The van der Waals surface area contributed by atoms with Crippen LogP contribution in [0.1, 0.15) is 11.1 Å². The maximum atomic E-state index is 13.1. The van der Waals surface area contributed by atoms with Crippen molar-refractivity contribution < 1.29 is 12.8 Å². The summed E-state index contributed by atoms with van der Waals surface area (Å²) in [6.07, 6.45) is 3.47. The second-order valence-electron chi connectivity index (χ2n) is 6.84. The summed E-state index contributed by atoms with van der Waals surface area (Å²) < 4.78 is 40.7. The van der Waals surface area contributed by atoms with Crippen LogP contribution < -0.4 is 4.72 Å². The number of nitrogens with one attached hydrogen (secondary N) is 1. The number of fused-ring (bicyclic) bond motifs is 1. The second kappa shape index (κ2) is 7.73. The molecule has 1 heterocycles. The van der Waals surface area contributed by atoms with Crippen molar-refractivity contribution in [3.63, 3.8) is 0 Å². The summed E-state index contributed by atoms with van der Waals surface area (Å²) in [5.74, 6) is -0.479. The third-order valence-electron chi connectivity index (χ3n) is 4.85. The maximum Gasteiger partial charge on any atom is 0.240 e. The van der Waals surface area contributed by atoms with E-state index < -0.39 is 15.8 Å². The summed E-state index contributed by atoms with van der Waals surface area (Å²) in [6, 6.07) is 18.9. The fourth-order valence-electron chi connectivity index (χ4n) is 3.26. The van der Waals surface area contributed by atoms with Crippen molar-refractivity contribution in [1.82, 2.24) is 9.71 Å². The molecule has 0 aliphatic rings. The molecule has 4 aromatic rings. The van der Waals surface area contributed by atoms with E-state index in [9.17, 15) is 12.8 Å². The predicted molar refractivity (Wildman–Crippen MR) is 112 cm³/mol. The van der Waals surface area contributed by atoms with Crippen molar-refractivity contribution in [1.29, 1.82) is 0 Å². The number of hydrogen-bond donors (Lipinski definition) is 1. The van der Waals surface area contributed by atoms with Gasteiger partial charge in [-0.05, 0) is 59.3 Å². The fourth-order valence-corrected chi connectivity index (χ4v) is 4.26. The molecule has 1 N–H and O–H groups in total. The summed E-state index contributed by atoms with van der Waals surface area (Å²) >= 11 is 0. The summed E-state index contributed by atoms with van der Waals surface area (Å²) in [4.78, 5) is 4.24. The van der Waals surface area contributed by atoms with Gasteiger partial charge in [0, 0.05) is 24.3 Å². The minimum Gasteiger partial charge on any atom is -0.264 e. The van der Waals surface area contributed by atoms with E-state index in [-0.39, 0.29) is 11.4 Å². The third-order valence-corrected chi connectivity index (χ3v) is 6.26. The van der Waals surface area contributed by atoms with Gasteiger partial charge in [-0.1, -0.05) is 42.0 Å². The smallest absolute Gasteiger partial charge is 0.240 e. The van der Waals surface area contributed by atoms with Crippen molar-refractivity contribution in [2.75, 3.05) is 0 Å². The van der Waals surface area contributed by atoms with Gasteiger partial charge < -0.3 is 0 Å². The molecule has 0 fully saturated rings. The molecule has 0 aliphatic carbocycles. The first kappa shape index (κ1) is 19.2. The van der Waals surface area contributed by atoms with E-state index in [2.05, 4.69) is 34.0 Å². The largest absolute Gasteiger partial charge is 0.264 e. The Morgan fingerprint density at radius 2 is 1.62 bits per heavy atom. The molecule has 146 valence electrons. The van der Waals surface area contributed by atoms with E-state index in [4.69, 9.17) is 0 Å². The van der Waals surface area contributed by atoms with Gasteiger partial charge in [-0.15, -0.1) is 0 Å². The number of sulfonamides is 1. The van der Waals surface area contributed by atoms with E-state index in [0.29, 0.717) is 0 Å². The number of aryl methyl sites for hydroxylation is 1. The zero-order valence-corrected chi connectivity index (χ0v) is 16.6. The van der Waals surface area contributed by atoms with Gasteiger partial charge in [0.05, 0.1) is 4.90 Å². The van der Waals surface area contributed by atoms with Gasteiger partial charge in [0.2, 0.25) is 10.0 Å². The normalized spacial score (nSPS) is 11.7. The van der Waals surface area contributed by atoms with Crippen LogP contribution in [0.4, 0.5) is 4.39 Å². The van der Waals surface area contributed by atoms with Crippen molar-refractivity contribution in [2.45, 2.75) is 18.4 Å². The number of rotatable bonds is 5. The SMILES string of the molecule is Cc1ccc(-c2ccc(CNS(=O)(=O)c3ccc(F)cc3)c3cnccc23)cc1. The lowest BCUT2D eigenvalue weighted by Gasteiger charge is -2.13. The molecule has 0 atom stereocenters. The number of nitrogens with zero attached hydrogens (tertiary/aromatic N) is 1. The van der Waals surface area contributed by atoms with Crippen LogP contribution in [-0.4, -0.2) is 13.4 Å². The third kappa shape index (κ3) is 4.04. The van der Waals surface area contributed by atoms with Crippen LogP contribution in [0, 0.1) is 12.7 Å². The van der Waals surface area contributed by atoms with E-state index >= 15 is 0 Å². The van der Waals surface area contributed by atoms with Crippen molar-refractivity contribution in [2.24, 2.45) is 0 Å². The van der Waals surface area contributed by atoms with E-state index in [0.717, 1.165) is 39.6 Å². The lowest BCUT2D eigenvalue weighted by atomic mass is 9.96. The first-order chi connectivity index (χ1) is 13.9. The molecule has 0 saturated carbocycles. The highest BCUT2D eigenvalue weighted by Gasteiger charge is 2.15. The molecule has 29 heavy (non-hydrogen) atoms. The minimum absolute atomic E-state index is 0.0256. The molecule has 4 rings (SSSR count). The van der Waals surface area contributed by atoms with Crippen LogP contribution in [-0.2, 0) is 16.6 Å². The molecular formula is C23H19FN2O2S. The first-order valence-corrected chi connectivity index (χ1v) is 10.6. The van der Waals surface area contributed by atoms with Crippen LogP contribution >= 0.6 is 0 Å². The van der Waals surface area contributed by atoms with Crippen LogP contribution in [0.5, 0.6) is 0 Å². The van der Waals surface area contributed by atoms with Gasteiger partial charge in [0.15, 0.2) is 0 Å². The zero-order valence-electron chi connectivity index (χ0n) is 15.8. The van der Waals surface area contributed by atoms with Crippen LogP contribution in [0.15, 0.2) is 84.0 Å². The molecule has 0 amide bonds. The molecule has 0 saturated heterocycles. The van der Waals surface area contributed by atoms with Gasteiger partial charge in [-0.2, -0.15) is 0 Å². The highest BCUT2D eigenvalue weighted by atomic mass is 32.2. The zero-order chi connectivity index (χ0) is 20.4. The van der Waals surface area contributed by atoms with E-state index in [1.165, 1.54) is 17.7 Å². The number of benzene rings is 3. The fraction of sp³-hybridized carbons (Fsp3) is 0.0870. The average molecular weight is 406 g/mol. The Morgan fingerprint density at radius 3 is 2.34 bits per heavy atom. The Kier molecular flexibility index (Phi) is 5.13. The Balaban J connectivity index is 1.68. The molecule has 0 unspecified atom stereocenters. The Morgan fingerprint density at radius 1 is 0.897 bits per heavy atom. The molecular weight excluding hydrogens is 387 g/mol. The maximum absolute atomic E-state index is 13.1. The lowest BCUT2D eigenvalue weighted by molar-refractivity contribution is 0.580. The Labute approximate surface area is 169 Å².